The number of fused-ring (bicyclic) bond motifs is 1. The molecule has 0 bridgehead atoms. The summed E-state index contributed by atoms with van der Waals surface area (Å²) < 4.78 is 19.4. The Hall–Kier alpha value is -2.82. The van der Waals surface area contributed by atoms with Gasteiger partial charge in [0.15, 0.2) is 11.4 Å². The van der Waals surface area contributed by atoms with E-state index in [4.69, 9.17) is 9.57 Å². The van der Waals surface area contributed by atoms with Crippen molar-refractivity contribution >= 4 is 16.9 Å². The summed E-state index contributed by atoms with van der Waals surface area (Å²) in [6.07, 6.45) is 0. The van der Waals surface area contributed by atoms with Crippen molar-refractivity contribution in [1.82, 2.24) is 4.73 Å². The number of benzene rings is 2. The molecule has 0 aliphatic rings. The lowest BCUT2D eigenvalue weighted by atomic mass is 10.2. The molecule has 0 aliphatic heterocycles. The van der Waals surface area contributed by atoms with Gasteiger partial charge in [-0.15, -0.1) is 0 Å². The largest absolute Gasteiger partial charge is 0.461 e. The number of ether oxygens (including phenoxy) is 1. The lowest BCUT2D eigenvalue weighted by Gasteiger charge is -2.11. The highest BCUT2D eigenvalue weighted by Crippen LogP contribution is 2.22. The first kappa shape index (κ1) is 14.1. The van der Waals surface area contributed by atoms with Gasteiger partial charge in [0.05, 0.1) is 12.1 Å². The second-order valence-electron chi connectivity index (χ2n) is 4.65. The van der Waals surface area contributed by atoms with Crippen molar-refractivity contribution in [3.05, 3.63) is 66.1 Å². The molecule has 1 heterocycles. The third-order valence-corrected chi connectivity index (χ3v) is 3.16. The average Bonchev–Trinajstić information content (AvgIpc) is 2.89. The fourth-order valence-corrected chi connectivity index (χ4v) is 2.18. The summed E-state index contributed by atoms with van der Waals surface area (Å²) >= 11 is 0. The lowest BCUT2D eigenvalue weighted by molar-refractivity contribution is 0.0489. The summed E-state index contributed by atoms with van der Waals surface area (Å²) in [5.74, 6) is -0.399. The molecule has 0 amide bonds. The molecule has 0 N–H and O–H groups in total. The van der Waals surface area contributed by atoms with E-state index in [1.54, 1.807) is 13.0 Å². The van der Waals surface area contributed by atoms with E-state index in [1.807, 2.05) is 24.3 Å². The molecule has 0 unspecified atom stereocenters. The van der Waals surface area contributed by atoms with Crippen molar-refractivity contribution in [2.45, 2.75) is 6.92 Å². The van der Waals surface area contributed by atoms with Crippen molar-refractivity contribution in [1.29, 1.82) is 0 Å². The molecule has 0 saturated carbocycles. The highest BCUT2D eigenvalue weighted by atomic mass is 19.1. The molecule has 0 aliphatic carbocycles. The molecule has 2 aromatic carbocycles. The molecule has 3 aromatic rings. The van der Waals surface area contributed by atoms with Gasteiger partial charge in [-0.2, -0.15) is 4.73 Å². The van der Waals surface area contributed by atoms with Crippen LogP contribution >= 0.6 is 0 Å². The van der Waals surface area contributed by atoms with E-state index in [0.29, 0.717) is 5.75 Å². The minimum absolute atomic E-state index is 0.275. The van der Waals surface area contributed by atoms with Crippen molar-refractivity contribution in [2.75, 3.05) is 6.61 Å². The second-order valence-corrected chi connectivity index (χ2v) is 4.65. The SMILES string of the molecule is CCOC(=O)c1cc2ccccc2n1Oc1ccc(F)cc1. The van der Waals surface area contributed by atoms with Crippen LogP contribution in [-0.2, 0) is 4.74 Å². The average molecular weight is 299 g/mol. The minimum atomic E-state index is -0.471. The maximum atomic E-state index is 13.0. The summed E-state index contributed by atoms with van der Waals surface area (Å²) in [5.41, 5.74) is 1.02. The number of esters is 1. The van der Waals surface area contributed by atoms with Crippen LogP contribution in [0.4, 0.5) is 4.39 Å². The summed E-state index contributed by atoms with van der Waals surface area (Å²) in [6, 6.07) is 14.7. The maximum absolute atomic E-state index is 13.0. The fourth-order valence-electron chi connectivity index (χ4n) is 2.18. The Bertz CT molecular complexity index is 808. The van der Waals surface area contributed by atoms with Crippen LogP contribution in [0.2, 0.25) is 0 Å². The number of halogens is 1. The van der Waals surface area contributed by atoms with Crippen molar-refractivity contribution in [2.24, 2.45) is 0 Å². The molecule has 4 nitrogen and oxygen atoms in total. The van der Waals surface area contributed by atoms with E-state index in [2.05, 4.69) is 0 Å². The summed E-state index contributed by atoms with van der Waals surface area (Å²) in [5, 5.41) is 0.854. The van der Waals surface area contributed by atoms with Crippen LogP contribution in [0.15, 0.2) is 54.6 Å². The van der Waals surface area contributed by atoms with Crippen LogP contribution in [0, 0.1) is 5.82 Å². The monoisotopic (exact) mass is 299 g/mol. The number of carbonyl (C=O) groups excluding carboxylic acids is 1. The first-order valence-corrected chi connectivity index (χ1v) is 6.90. The van der Waals surface area contributed by atoms with E-state index in [-0.39, 0.29) is 18.1 Å². The van der Waals surface area contributed by atoms with Gasteiger partial charge in [-0.1, -0.05) is 18.2 Å². The standard InChI is InChI=1S/C17H14FNO3/c1-2-21-17(20)16-11-12-5-3-4-6-15(12)19(16)22-14-9-7-13(18)8-10-14/h3-11H,2H2,1H3. The molecule has 0 radical (unpaired) electrons. The molecule has 22 heavy (non-hydrogen) atoms. The van der Waals surface area contributed by atoms with Gasteiger partial charge in [-0.05, 0) is 43.3 Å². The number of aromatic nitrogens is 1. The zero-order valence-corrected chi connectivity index (χ0v) is 12.0. The highest BCUT2D eigenvalue weighted by molar-refractivity contribution is 5.95. The molecule has 0 fully saturated rings. The van der Waals surface area contributed by atoms with Gasteiger partial charge in [-0.3, -0.25) is 0 Å². The van der Waals surface area contributed by atoms with Crippen LogP contribution in [-0.4, -0.2) is 17.3 Å². The third kappa shape index (κ3) is 2.65. The normalized spacial score (nSPS) is 10.6. The zero-order valence-electron chi connectivity index (χ0n) is 12.0. The van der Waals surface area contributed by atoms with Crippen molar-refractivity contribution < 1.29 is 18.8 Å². The number of hydrogen-bond donors (Lipinski definition) is 0. The van der Waals surface area contributed by atoms with E-state index < -0.39 is 5.97 Å². The Morgan fingerprint density at radius 2 is 1.86 bits per heavy atom. The summed E-state index contributed by atoms with van der Waals surface area (Å²) in [7, 11) is 0. The molecule has 0 spiro atoms. The van der Waals surface area contributed by atoms with Crippen molar-refractivity contribution in [3.63, 3.8) is 0 Å². The Balaban J connectivity index is 2.07. The van der Waals surface area contributed by atoms with E-state index in [9.17, 15) is 9.18 Å². The van der Waals surface area contributed by atoms with Crippen LogP contribution < -0.4 is 4.84 Å². The molecule has 5 heteroatoms. The van der Waals surface area contributed by atoms with Gasteiger partial charge in [0, 0.05) is 5.39 Å². The number of hydrogen-bond acceptors (Lipinski definition) is 3. The van der Waals surface area contributed by atoms with Crippen molar-refractivity contribution in [3.8, 4) is 5.75 Å². The first-order chi connectivity index (χ1) is 10.7. The predicted octanol–water partition coefficient (Wildman–Crippen LogP) is 3.80. The van der Waals surface area contributed by atoms with Crippen LogP contribution in [0.25, 0.3) is 10.9 Å². The van der Waals surface area contributed by atoms with Crippen LogP contribution in [0.3, 0.4) is 0 Å². The lowest BCUT2D eigenvalue weighted by Crippen LogP contribution is -2.15. The Labute approximate surface area is 126 Å². The zero-order chi connectivity index (χ0) is 15.5. The number of nitrogens with zero attached hydrogens (tertiary/aromatic N) is 1. The van der Waals surface area contributed by atoms with Gasteiger partial charge in [-0.25, -0.2) is 9.18 Å². The number of para-hydroxylation sites is 1. The second kappa shape index (κ2) is 5.89. The number of rotatable bonds is 4. The Morgan fingerprint density at radius 1 is 1.14 bits per heavy atom. The molecular weight excluding hydrogens is 285 g/mol. The van der Waals surface area contributed by atoms with Gasteiger partial charge in [0.1, 0.15) is 5.82 Å². The van der Waals surface area contributed by atoms with Gasteiger partial charge < -0.3 is 9.57 Å². The van der Waals surface area contributed by atoms with Gasteiger partial charge in [0.2, 0.25) is 0 Å². The van der Waals surface area contributed by atoms with Gasteiger partial charge in [0.25, 0.3) is 0 Å². The quantitative estimate of drug-likeness (QED) is 0.688. The smallest absolute Gasteiger partial charge is 0.358 e. The Kier molecular flexibility index (Phi) is 3.78. The Morgan fingerprint density at radius 3 is 2.59 bits per heavy atom. The van der Waals surface area contributed by atoms with E-state index in [0.717, 1.165) is 10.9 Å². The molecule has 112 valence electrons. The molecule has 0 saturated heterocycles. The summed E-state index contributed by atoms with van der Waals surface area (Å²) in [6.45, 7) is 2.02. The summed E-state index contributed by atoms with van der Waals surface area (Å²) in [4.78, 5) is 17.8. The van der Waals surface area contributed by atoms with Crippen LogP contribution in [0.5, 0.6) is 5.75 Å². The molecule has 0 atom stereocenters. The topological polar surface area (TPSA) is 40.5 Å². The van der Waals surface area contributed by atoms with Gasteiger partial charge >= 0.3 is 5.97 Å². The number of carbonyl (C=O) groups is 1. The fraction of sp³-hybridized carbons (Fsp3) is 0.118. The molecule has 3 rings (SSSR count). The van der Waals surface area contributed by atoms with Crippen LogP contribution in [0.1, 0.15) is 17.4 Å². The van der Waals surface area contributed by atoms with E-state index >= 15 is 0 Å². The first-order valence-electron chi connectivity index (χ1n) is 6.90. The predicted molar refractivity (Wildman–Crippen MR) is 80.3 cm³/mol. The van der Waals surface area contributed by atoms with E-state index in [1.165, 1.54) is 29.0 Å². The molecular formula is C17H14FNO3. The third-order valence-electron chi connectivity index (χ3n) is 3.16. The highest BCUT2D eigenvalue weighted by Gasteiger charge is 2.18. The minimum Gasteiger partial charge on any atom is -0.461 e. The maximum Gasteiger partial charge on any atom is 0.358 e. The molecule has 1 aromatic heterocycles.